The largest absolute Gasteiger partial charge is 0.369 e. The molecule has 0 unspecified atom stereocenters. The van der Waals surface area contributed by atoms with Crippen LogP contribution in [-0.4, -0.2) is 61.8 Å². The van der Waals surface area contributed by atoms with Crippen LogP contribution in [0.2, 0.25) is 5.02 Å². The first-order chi connectivity index (χ1) is 14.3. The van der Waals surface area contributed by atoms with E-state index in [1.165, 1.54) is 17.4 Å². The Hall–Kier alpha value is -2.26. The van der Waals surface area contributed by atoms with Crippen molar-refractivity contribution >= 4 is 38.3 Å². The number of nitrogens with zero attached hydrogens (tertiary/aromatic N) is 4. The predicted octanol–water partition coefficient (Wildman–Crippen LogP) is 3.47. The molecule has 0 saturated carbocycles. The van der Waals surface area contributed by atoms with Crippen LogP contribution in [0.25, 0.3) is 10.9 Å². The SMILES string of the molecule is CN(C)CCCNc1nc(CN(C)S(=O)(=O)c2ccccc2Cl)nc2ccccc12. The fraction of sp³-hybridized carbons (Fsp3) is 0.333. The summed E-state index contributed by atoms with van der Waals surface area (Å²) in [6, 6.07) is 14.1. The van der Waals surface area contributed by atoms with Crippen LogP contribution in [-0.2, 0) is 16.6 Å². The average Bonchev–Trinajstić information content (AvgIpc) is 2.71. The summed E-state index contributed by atoms with van der Waals surface area (Å²) in [5.74, 6) is 1.12. The Kier molecular flexibility index (Phi) is 7.25. The minimum Gasteiger partial charge on any atom is -0.369 e. The van der Waals surface area contributed by atoms with Crippen LogP contribution in [0.4, 0.5) is 5.82 Å². The van der Waals surface area contributed by atoms with E-state index in [0.717, 1.165) is 30.4 Å². The zero-order valence-electron chi connectivity index (χ0n) is 17.3. The molecule has 9 heteroatoms. The molecule has 0 aliphatic rings. The average molecular weight is 448 g/mol. The highest BCUT2D eigenvalue weighted by Crippen LogP contribution is 2.25. The summed E-state index contributed by atoms with van der Waals surface area (Å²) >= 11 is 6.10. The van der Waals surface area contributed by atoms with Gasteiger partial charge in [0.2, 0.25) is 10.0 Å². The second-order valence-electron chi connectivity index (χ2n) is 7.28. The lowest BCUT2D eigenvalue weighted by Gasteiger charge is -2.18. The third-order valence-electron chi connectivity index (χ3n) is 4.61. The number of anilines is 1. The smallest absolute Gasteiger partial charge is 0.244 e. The Morgan fingerprint density at radius 3 is 2.43 bits per heavy atom. The van der Waals surface area contributed by atoms with Gasteiger partial charge in [-0.05, 0) is 51.3 Å². The van der Waals surface area contributed by atoms with Crippen LogP contribution in [0.1, 0.15) is 12.2 Å². The molecule has 3 aromatic rings. The van der Waals surface area contributed by atoms with Gasteiger partial charge in [-0.3, -0.25) is 0 Å². The molecule has 0 bridgehead atoms. The molecule has 0 amide bonds. The van der Waals surface area contributed by atoms with Crippen LogP contribution in [0.15, 0.2) is 53.4 Å². The molecule has 3 rings (SSSR count). The predicted molar refractivity (Wildman–Crippen MR) is 121 cm³/mol. The minimum atomic E-state index is -3.77. The molecule has 0 fully saturated rings. The number of hydrogen-bond acceptors (Lipinski definition) is 6. The van der Waals surface area contributed by atoms with Gasteiger partial charge in [0, 0.05) is 19.0 Å². The molecule has 0 atom stereocenters. The van der Waals surface area contributed by atoms with Crippen LogP contribution in [0, 0.1) is 0 Å². The van der Waals surface area contributed by atoms with Gasteiger partial charge in [-0.25, -0.2) is 18.4 Å². The first-order valence-corrected chi connectivity index (χ1v) is 11.5. The van der Waals surface area contributed by atoms with Gasteiger partial charge in [-0.1, -0.05) is 35.9 Å². The van der Waals surface area contributed by atoms with Gasteiger partial charge in [0.1, 0.15) is 16.5 Å². The van der Waals surface area contributed by atoms with Crippen molar-refractivity contribution in [1.82, 2.24) is 19.2 Å². The number of aromatic nitrogens is 2. The molecule has 2 aromatic carbocycles. The fourth-order valence-corrected chi connectivity index (χ4v) is 4.65. The van der Waals surface area contributed by atoms with Crippen molar-refractivity contribution in [2.45, 2.75) is 17.9 Å². The number of halogens is 1. The van der Waals surface area contributed by atoms with Crippen LogP contribution < -0.4 is 5.32 Å². The molecule has 0 radical (unpaired) electrons. The van der Waals surface area contributed by atoms with Crippen molar-refractivity contribution < 1.29 is 8.42 Å². The number of para-hydroxylation sites is 1. The molecule has 0 spiro atoms. The monoisotopic (exact) mass is 447 g/mol. The van der Waals surface area contributed by atoms with E-state index in [9.17, 15) is 8.42 Å². The second-order valence-corrected chi connectivity index (χ2v) is 9.70. The van der Waals surface area contributed by atoms with E-state index in [-0.39, 0.29) is 16.5 Å². The fourth-order valence-electron chi connectivity index (χ4n) is 3.04. The van der Waals surface area contributed by atoms with Gasteiger partial charge < -0.3 is 10.2 Å². The summed E-state index contributed by atoms with van der Waals surface area (Å²) in [6.45, 7) is 1.75. The van der Waals surface area contributed by atoms with Gasteiger partial charge in [-0.2, -0.15) is 4.31 Å². The maximum Gasteiger partial charge on any atom is 0.244 e. The summed E-state index contributed by atoms with van der Waals surface area (Å²) in [4.78, 5) is 11.4. The second kappa shape index (κ2) is 9.70. The molecule has 0 aliphatic heterocycles. The van der Waals surface area contributed by atoms with Gasteiger partial charge in [-0.15, -0.1) is 0 Å². The number of hydrogen-bond donors (Lipinski definition) is 1. The Bertz CT molecular complexity index is 1120. The van der Waals surface area contributed by atoms with Crippen LogP contribution in [0.5, 0.6) is 0 Å². The number of rotatable bonds is 9. The quantitative estimate of drug-likeness (QED) is 0.506. The highest BCUT2D eigenvalue weighted by molar-refractivity contribution is 7.89. The van der Waals surface area contributed by atoms with Gasteiger partial charge in [0.05, 0.1) is 17.1 Å². The maximum absolute atomic E-state index is 12.9. The highest BCUT2D eigenvalue weighted by atomic mass is 35.5. The summed E-state index contributed by atoms with van der Waals surface area (Å²) in [5.41, 5.74) is 0.765. The summed E-state index contributed by atoms with van der Waals surface area (Å²) in [6.07, 6.45) is 0.960. The van der Waals surface area contributed by atoms with Gasteiger partial charge in [0.25, 0.3) is 0 Å². The Labute approximate surface area is 182 Å². The molecule has 160 valence electrons. The van der Waals surface area contributed by atoms with Crippen molar-refractivity contribution in [1.29, 1.82) is 0 Å². The van der Waals surface area contributed by atoms with Crippen molar-refractivity contribution in [3.05, 3.63) is 59.4 Å². The molecule has 0 saturated heterocycles. The number of sulfonamides is 1. The van der Waals surface area contributed by atoms with E-state index in [2.05, 4.69) is 20.2 Å². The number of fused-ring (bicyclic) bond motifs is 1. The zero-order valence-corrected chi connectivity index (χ0v) is 18.9. The lowest BCUT2D eigenvalue weighted by atomic mass is 10.2. The molecule has 1 heterocycles. The van der Waals surface area contributed by atoms with Crippen LogP contribution >= 0.6 is 11.6 Å². The first-order valence-electron chi connectivity index (χ1n) is 9.64. The van der Waals surface area contributed by atoms with E-state index in [4.69, 9.17) is 11.6 Å². The zero-order chi connectivity index (χ0) is 21.7. The van der Waals surface area contributed by atoms with Crippen molar-refractivity contribution in [2.24, 2.45) is 0 Å². The van der Waals surface area contributed by atoms with E-state index < -0.39 is 10.0 Å². The van der Waals surface area contributed by atoms with E-state index in [1.807, 2.05) is 38.4 Å². The summed E-state index contributed by atoms with van der Waals surface area (Å²) < 4.78 is 27.1. The third-order valence-corrected chi connectivity index (χ3v) is 6.92. The molecule has 1 aromatic heterocycles. The molecule has 30 heavy (non-hydrogen) atoms. The lowest BCUT2D eigenvalue weighted by Crippen LogP contribution is -2.28. The summed E-state index contributed by atoms with van der Waals surface area (Å²) in [5, 5.41) is 4.46. The minimum absolute atomic E-state index is 0.0325. The molecular formula is C21H26ClN5O2S. The van der Waals surface area contributed by atoms with Crippen molar-refractivity contribution in [3.8, 4) is 0 Å². The van der Waals surface area contributed by atoms with E-state index >= 15 is 0 Å². The lowest BCUT2D eigenvalue weighted by molar-refractivity contribution is 0.405. The Morgan fingerprint density at radius 1 is 1.00 bits per heavy atom. The van der Waals surface area contributed by atoms with Crippen molar-refractivity contribution in [3.63, 3.8) is 0 Å². The van der Waals surface area contributed by atoms with E-state index in [0.29, 0.717) is 11.6 Å². The molecule has 1 N–H and O–H groups in total. The molecule has 0 aliphatic carbocycles. The first kappa shape index (κ1) is 22.4. The van der Waals surface area contributed by atoms with Gasteiger partial charge in [0.15, 0.2) is 0 Å². The number of nitrogens with one attached hydrogen (secondary N) is 1. The number of benzene rings is 2. The van der Waals surface area contributed by atoms with Gasteiger partial charge >= 0.3 is 0 Å². The third kappa shape index (κ3) is 5.26. The molecule has 7 nitrogen and oxygen atoms in total. The van der Waals surface area contributed by atoms with Crippen LogP contribution in [0.3, 0.4) is 0 Å². The van der Waals surface area contributed by atoms with E-state index in [1.54, 1.807) is 18.2 Å². The Balaban J connectivity index is 1.86. The topological polar surface area (TPSA) is 78.4 Å². The normalized spacial score (nSPS) is 12.1. The Morgan fingerprint density at radius 2 is 1.70 bits per heavy atom. The summed E-state index contributed by atoms with van der Waals surface area (Å²) in [7, 11) is 1.80. The highest BCUT2D eigenvalue weighted by Gasteiger charge is 2.24. The standard InChI is InChI=1S/C21H26ClN5O2S/c1-26(2)14-8-13-23-21-16-9-4-6-11-18(16)24-20(25-21)15-27(3)30(28,29)19-12-7-5-10-17(19)22/h4-7,9-12H,8,13-15H2,1-3H3,(H,23,24,25). The maximum atomic E-state index is 12.9. The van der Waals surface area contributed by atoms with Crippen molar-refractivity contribution in [2.75, 3.05) is 39.5 Å². The molecular weight excluding hydrogens is 422 g/mol.